The van der Waals surface area contributed by atoms with Crippen LogP contribution in [0, 0.1) is 11.8 Å². The lowest BCUT2D eigenvalue weighted by Crippen LogP contribution is -2.13. The number of rotatable bonds is 7. The molecule has 3 rings (SSSR count). The zero-order chi connectivity index (χ0) is 21.0. The summed E-state index contributed by atoms with van der Waals surface area (Å²) in [5.41, 5.74) is 4.13. The molecular weight excluding hydrogens is 364 g/mol. The highest BCUT2D eigenvalue weighted by molar-refractivity contribution is 5.94. The van der Waals surface area contributed by atoms with Crippen LogP contribution in [0.1, 0.15) is 40.5 Å². The van der Waals surface area contributed by atoms with E-state index in [1.54, 1.807) is 0 Å². The van der Waals surface area contributed by atoms with Gasteiger partial charge in [0.05, 0.1) is 11.0 Å². The molecule has 0 unspecified atom stereocenters. The molecule has 1 aromatic heterocycles. The minimum atomic E-state index is 0.00851. The molecule has 0 aliphatic heterocycles. The Bertz CT molecular complexity index is 1000. The maximum atomic E-state index is 12.0. The van der Waals surface area contributed by atoms with Gasteiger partial charge in [-0.05, 0) is 54.3 Å². The number of carbonyl (C=O) groups excluding carboxylic acids is 2. The van der Waals surface area contributed by atoms with Gasteiger partial charge in [0.1, 0.15) is 5.82 Å². The lowest BCUT2D eigenvalue weighted by Gasteiger charge is -2.07. The second kappa shape index (κ2) is 8.90. The van der Waals surface area contributed by atoms with Crippen LogP contribution < -0.4 is 10.6 Å². The van der Waals surface area contributed by atoms with Crippen molar-refractivity contribution >= 4 is 34.2 Å². The van der Waals surface area contributed by atoms with Gasteiger partial charge in [-0.1, -0.05) is 27.7 Å². The molecule has 2 amide bonds. The van der Waals surface area contributed by atoms with E-state index in [4.69, 9.17) is 0 Å². The fourth-order valence-electron chi connectivity index (χ4n) is 3.10. The molecule has 0 radical (unpaired) electrons. The highest BCUT2D eigenvalue weighted by atomic mass is 16.2. The summed E-state index contributed by atoms with van der Waals surface area (Å²) in [7, 11) is 0. The fraction of sp³-hybridized carbons (Fsp3) is 0.348. The molecule has 1 heterocycles. The van der Waals surface area contributed by atoms with E-state index in [9.17, 15) is 9.59 Å². The first-order valence-electron chi connectivity index (χ1n) is 10.00. The number of carbonyl (C=O) groups is 2. The minimum Gasteiger partial charge on any atom is -0.338 e. The molecule has 0 aliphatic rings. The number of anilines is 2. The Morgan fingerprint density at radius 3 is 2.00 bits per heavy atom. The van der Waals surface area contributed by atoms with Gasteiger partial charge in [-0.3, -0.25) is 9.59 Å². The van der Waals surface area contributed by atoms with Crippen molar-refractivity contribution in [2.24, 2.45) is 11.8 Å². The monoisotopic (exact) mass is 392 g/mol. The van der Waals surface area contributed by atoms with E-state index in [0.29, 0.717) is 24.7 Å². The Hall–Kier alpha value is -3.15. The van der Waals surface area contributed by atoms with Gasteiger partial charge in [0.25, 0.3) is 0 Å². The average molecular weight is 393 g/mol. The predicted octanol–water partition coefficient (Wildman–Crippen LogP) is 5.20. The summed E-state index contributed by atoms with van der Waals surface area (Å²) in [4.78, 5) is 31.8. The van der Waals surface area contributed by atoms with Crippen LogP contribution in [-0.2, 0) is 9.59 Å². The van der Waals surface area contributed by atoms with E-state index < -0.39 is 0 Å². The quantitative estimate of drug-likeness (QED) is 0.516. The molecule has 0 fully saturated rings. The van der Waals surface area contributed by atoms with E-state index in [2.05, 4.69) is 20.6 Å². The predicted molar refractivity (Wildman–Crippen MR) is 118 cm³/mol. The summed E-state index contributed by atoms with van der Waals surface area (Å²) in [6, 6.07) is 13.2. The molecular formula is C23H28N4O2. The zero-order valence-electron chi connectivity index (χ0n) is 17.4. The minimum absolute atomic E-state index is 0.00851. The van der Waals surface area contributed by atoms with Crippen molar-refractivity contribution in [3.05, 3.63) is 42.5 Å². The van der Waals surface area contributed by atoms with Crippen molar-refractivity contribution in [3.63, 3.8) is 0 Å². The molecule has 0 bridgehead atoms. The molecule has 0 atom stereocenters. The van der Waals surface area contributed by atoms with Gasteiger partial charge in [0.15, 0.2) is 0 Å². The normalized spacial score (nSPS) is 11.2. The highest BCUT2D eigenvalue weighted by Crippen LogP contribution is 2.24. The second-order valence-corrected chi connectivity index (χ2v) is 8.19. The first-order chi connectivity index (χ1) is 13.8. The number of nitrogens with one attached hydrogen (secondary N) is 3. The number of amides is 2. The fourth-order valence-corrected chi connectivity index (χ4v) is 3.10. The third kappa shape index (κ3) is 5.67. The smallest absolute Gasteiger partial charge is 0.224 e. The number of hydrogen-bond acceptors (Lipinski definition) is 3. The lowest BCUT2D eigenvalue weighted by atomic mass is 10.1. The lowest BCUT2D eigenvalue weighted by molar-refractivity contribution is -0.117. The van der Waals surface area contributed by atoms with Crippen molar-refractivity contribution < 1.29 is 9.59 Å². The van der Waals surface area contributed by atoms with Crippen molar-refractivity contribution in [1.82, 2.24) is 9.97 Å². The first kappa shape index (κ1) is 20.6. The van der Waals surface area contributed by atoms with Gasteiger partial charge in [0.2, 0.25) is 11.8 Å². The number of H-pyrrole nitrogens is 1. The summed E-state index contributed by atoms with van der Waals surface area (Å²) < 4.78 is 0. The summed E-state index contributed by atoms with van der Waals surface area (Å²) in [5, 5.41) is 5.83. The van der Waals surface area contributed by atoms with Crippen molar-refractivity contribution in [3.8, 4) is 11.4 Å². The number of aromatic amines is 1. The molecule has 0 spiro atoms. The van der Waals surface area contributed by atoms with Gasteiger partial charge in [-0.25, -0.2) is 4.98 Å². The highest BCUT2D eigenvalue weighted by Gasteiger charge is 2.10. The first-order valence-corrected chi connectivity index (χ1v) is 10.00. The van der Waals surface area contributed by atoms with Crippen LogP contribution in [-0.4, -0.2) is 21.8 Å². The molecule has 3 aromatic rings. The summed E-state index contributed by atoms with van der Waals surface area (Å²) in [5.74, 6) is 1.41. The topological polar surface area (TPSA) is 86.9 Å². The molecule has 3 N–H and O–H groups in total. The van der Waals surface area contributed by atoms with Crippen molar-refractivity contribution in [2.45, 2.75) is 40.5 Å². The molecule has 6 nitrogen and oxygen atoms in total. The molecule has 152 valence electrons. The van der Waals surface area contributed by atoms with E-state index >= 15 is 0 Å². The molecule has 0 aliphatic carbocycles. The number of hydrogen-bond donors (Lipinski definition) is 3. The van der Waals surface area contributed by atoms with Crippen LogP contribution in [0.25, 0.3) is 22.4 Å². The van der Waals surface area contributed by atoms with Crippen LogP contribution in [0.5, 0.6) is 0 Å². The van der Waals surface area contributed by atoms with Crippen LogP contribution in [0.3, 0.4) is 0 Å². The van der Waals surface area contributed by atoms with Crippen LogP contribution in [0.4, 0.5) is 11.4 Å². The number of benzene rings is 2. The summed E-state index contributed by atoms with van der Waals surface area (Å²) in [6.07, 6.45) is 0.994. The third-order valence-electron chi connectivity index (χ3n) is 4.40. The Labute approximate surface area is 171 Å². The zero-order valence-corrected chi connectivity index (χ0v) is 17.4. The van der Waals surface area contributed by atoms with Gasteiger partial charge >= 0.3 is 0 Å². The van der Waals surface area contributed by atoms with Gasteiger partial charge in [0, 0.05) is 29.8 Å². The van der Waals surface area contributed by atoms with Gasteiger partial charge < -0.3 is 15.6 Å². The van der Waals surface area contributed by atoms with Crippen LogP contribution in [0.2, 0.25) is 0 Å². The Kier molecular flexibility index (Phi) is 6.32. The second-order valence-electron chi connectivity index (χ2n) is 8.19. The van der Waals surface area contributed by atoms with E-state index in [0.717, 1.165) is 33.8 Å². The Balaban J connectivity index is 1.73. The van der Waals surface area contributed by atoms with E-state index in [1.165, 1.54) is 0 Å². The number of fused-ring (bicyclic) bond motifs is 1. The molecule has 0 saturated heterocycles. The maximum absolute atomic E-state index is 12.0. The largest absolute Gasteiger partial charge is 0.338 e. The SMILES string of the molecule is CC(C)CC(=O)Nc1ccc(-c2nc3ccc(NC(=O)CC(C)C)cc3[nH]2)cc1. The Morgan fingerprint density at radius 1 is 0.862 bits per heavy atom. The molecule has 2 aromatic carbocycles. The third-order valence-corrected chi connectivity index (χ3v) is 4.40. The standard InChI is InChI=1S/C23H28N4O2/c1-14(2)11-21(28)24-17-7-5-16(6-8-17)23-26-19-10-9-18(13-20(19)27-23)25-22(29)12-15(3)4/h5-10,13-15H,11-12H2,1-4H3,(H,24,28)(H,25,29)(H,26,27). The van der Waals surface area contributed by atoms with Crippen molar-refractivity contribution in [2.75, 3.05) is 10.6 Å². The van der Waals surface area contributed by atoms with Crippen molar-refractivity contribution in [1.29, 1.82) is 0 Å². The average Bonchev–Trinajstić information content (AvgIpc) is 3.04. The van der Waals surface area contributed by atoms with E-state index in [1.807, 2.05) is 70.2 Å². The van der Waals surface area contributed by atoms with E-state index in [-0.39, 0.29) is 11.8 Å². The van der Waals surface area contributed by atoms with Gasteiger partial charge in [-0.15, -0.1) is 0 Å². The molecule has 0 saturated carbocycles. The summed E-state index contributed by atoms with van der Waals surface area (Å²) in [6.45, 7) is 8.08. The number of imidazole rings is 1. The maximum Gasteiger partial charge on any atom is 0.224 e. The summed E-state index contributed by atoms with van der Waals surface area (Å²) >= 11 is 0. The van der Waals surface area contributed by atoms with Crippen LogP contribution >= 0.6 is 0 Å². The van der Waals surface area contributed by atoms with Gasteiger partial charge in [-0.2, -0.15) is 0 Å². The Morgan fingerprint density at radius 2 is 1.41 bits per heavy atom. The number of aromatic nitrogens is 2. The van der Waals surface area contributed by atoms with Crippen LogP contribution in [0.15, 0.2) is 42.5 Å². The molecule has 29 heavy (non-hydrogen) atoms. The molecule has 6 heteroatoms. The number of nitrogens with zero attached hydrogens (tertiary/aromatic N) is 1.